The van der Waals surface area contributed by atoms with Gasteiger partial charge in [-0.15, -0.1) is 0 Å². The summed E-state index contributed by atoms with van der Waals surface area (Å²) in [5.74, 6) is -0.594. The van der Waals surface area contributed by atoms with Crippen LogP contribution in [0.3, 0.4) is 0 Å². The summed E-state index contributed by atoms with van der Waals surface area (Å²) in [6, 6.07) is 3.03. The molecule has 0 fully saturated rings. The van der Waals surface area contributed by atoms with Gasteiger partial charge in [-0.05, 0) is 12.1 Å². The molecule has 1 rings (SSSR count). The van der Waals surface area contributed by atoms with Gasteiger partial charge in [0.2, 0.25) is 0 Å². The van der Waals surface area contributed by atoms with E-state index in [0.717, 1.165) is 0 Å². The van der Waals surface area contributed by atoms with E-state index in [-0.39, 0.29) is 5.56 Å². The Bertz CT molecular complexity index is 361. The molecule has 0 saturated carbocycles. The van der Waals surface area contributed by atoms with Gasteiger partial charge in [0.25, 0.3) is 5.91 Å². The molecule has 76 valence electrons. The van der Waals surface area contributed by atoms with Crippen LogP contribution in [0.25, 0.3) is 0 Å². The van der Waals surface area contributed by atoms with Gasteiger partial charge in [-0.2, -0.15) is 0 Å². The highest BCUT2D eigenvalue weighted by Crippen LogP contribution is 2.25. The molecule has 0 bridgehead atoms. The monoisotopic (exact) mass is 215 g/mol. The Hall–Kier alpha value is -1.23. The van der Waals surface area contributed by atoms with E-state index in [9.17, 15) is 14.3 Å². The van der Waals surface area contributed by atoms with Gasteiger partial charge in [-0.1, -0.05) is 0 Å². The maximum atomic E-state index is 11.2. The summed E-state index contributed by atoms with van der Waals surface area (Å²) < 4.78 is 10.3. The third kappa shape index (κ3) is 3.66. The van der Waals surface area contributed by atoms with Crippen LogP contribution in [-0.4, -0.2) is 22.1 Å². The Morgan fingerprint density at radius 1 is 1.71 bits per heavy atom. The first-order chi connectivity index (χ1) is 6.49. The Morgan fingerprint density at radius 3 is 2.93 bits per heavy atom. The molecule has 1 aromatic heterocycles. The molecule has 2 N–H and O–H groups in total. The third-order valence-electron chi connectivity index (χ3n) is 1.36. The standard InChI is InChI=1S/C7H9N2O4P/c10-7(9-5-14(11,12)13)6-2-1-3-8-4-6/h1-4H,5H2,(H,9,10)(H2,11,12,13)/p-1. The quantitative estimate of drug-likeness (QED) is 0.650. The second-order valence-corrected chi connectivity index (χ2v) is 4.13. The minimum Gasteiger partial charge on any atom is -0.777 e. The molecule has 1 amide bonds. The van der Waals surface area contributed by atoms with Crippen LogP contribution in [0.4, 0.5) is 0 Å². The highest BCUT2D eigenvalue weighted by Gasteiger charge is 2.07. The predicted molar refractivity (Wildman–Crippen MR) is 46.4 cm³/mol. The van der Waals surface area contributed by atoms with Crippen molar-refractivity contribution in [3.05, 3.63) is 30.1 Å². The van der Waals surface area contributed by atoms with Crippen LogP contribution in [0.15, 0.2) is 24.5 Å². The molecular weight excluding hydrogens is 207 g/mol. The Balaban J connectivity index is 2.57. The minimum absolute atomic E-state index is 0.237. The molecule has 0 aromatic carbocycles. The van der Waals surface area contributed by atoms with Gasteiger partial charge in [-0.3, -0.25) is 9.78 Å². The molecule has 0 spiro atoms. The number of pyridine rings is 1. The zero-order chi connectivity index (χ0) is 10.6. The van der Waals surface area contributed by atoms with Crippen molar-refractivity contribution in [3.8, 4) is 0 Å². The molecule has 1 aromatic rings. The van der Waals surface area contributed by atoms with Crippen molar-refractivity contribution < 1.29 is 19.1 Å². The second kappa shape index (κ2) is 4.32. The van der Waals surface area contributed by atoms with E-state index >= 15 is 0 Å². The van der Waals surface area contributed by atoms with Gasteiger partial charge in [0.1, 0.15) is 0 Å². The topological polar surface area (TPSA) is 102 Å². The summed E-state index contributed by atoms with van der Waals surface area (Å²) in [7, 11) is -4.44. The van der Waals surface area contributed by atoms with Crippen LogP contribution in [0.2, 0.25) is 0 Å². The van der Waals surface area contributed by atoms with Crippen molar-refractivity contribution in [2.75, 3.05) is 6.29 Å². The van der Waals surface area contributed by atoms with Crippen molar-refractivity contribution in [2.45, 2.75) is 0 Å². The molecule has 0 aliphatic heterocycles. The lowest BCUT2D eigenvalue weighted by Crippen LogP contribution is -2.27. The highest BCUT2D eigenvalue weighted by atomic mass is 31.2. The fourth-order valence-electron chi connectivity index (χ4n) is 0.771. The van der Waals surface area contributed by atoms with Crippen molar-refractivity contribution >= 4 is 13.5 Å². The zero-order valence-electron chi connectivity index (χ0n) is 7.08. The van der Waals surface area contributed by atoms with E-state index in [1.54, 1.807) is 6.07 Å². The molecule has 0 saturated heterocycles. The van der Waals surface area contributed by atoms with Crippen molar-refractivity contribution in [1.82, 2.24) is 10.3 Å². The maximum Gasteiger partial charge on any atom is 0.253 e. The van der Waals surface area contributed by atoms with Gasteiger partial charge in [0, 0.05) is 12.4 Å². The molecule has 1 atom stereocenters. The maximum absolute atomic E-state index is 11.2. The zero-order valence-corrected chi connectivity index (χ0v) is 7.98. The van der Waals surface area contributed by atoms with E-state index in [2.05, 4.69) is 4.98 Å². The molecule has 1 heterocycles. The summed E-state index contributed by atoms with van der Waals surface area (Å²) in [5, 5.41) is 2.03. The number of carbonyl (C=O) groups is 1. The van der Waals surface area contributed by atoms with Gasteiger partial charge < -0.3 is 19.7 Å². The second-order valence-electron chi connectivity index (χ2n) is 2.54. The van der Waals surface area contributed by atoms with Crippen molar-refractivity contribution in [1.29, 1.82) is 0 Å². The van der Waals surface area contributed by atoms with Crippen molar-refractivity contribution in [2.24, 2.45) is 0 Å². The number of hydrogen-bond acceptors (Lipinski definition) is 4. The van der Waals surface area contributed by atoms with E-state index in [1.165, 1.54) is 18.5 Å². The first-order valence-electron chi connectivity index (χ1n) is 3.70. The SMILES string of the molecule is O=C(NCP(=O)([O-])O)c1cccnc1. The molecule has 0 radical (unpaired) electrons. The van der Waals surface area contributed by atoms with Crippen LogP contribution in [0.1, 0.15) is 10.4 Å². The molecule has 0 aliphatic carbocycles. The molecule has 6 nitrogen and oxygen atoms in total. The Labute approximate surface area is 80.1 Å². The van der Waals surface area contributed by atoms with Crippen LogP contribution >= 0.6 is 7.60 Å². The van der Waals surface area contributed by atoms with Gasteiger partial charge in [0.15, 0.2) is 7.60 Å². The highest BCUT2D eigenvalue weighted by molar-refractivity contribution is 7.50. The number of rotatable bonds is 3. The summed E-state index contributed by atoms with van der Waals surface area (Å²) in [4.78, 5) is 33.6. The van der Waals surface area contributed by atoms with Crippen LogP contribution in [0, 0.1) is 0 Å². The first-order valence-corrected chi connectivity index (χ1v) is 5.46. The molecule has 14 heavy (non-hydrogen) atoms. The molecular formula is C7H8N2O4P-. The number of hydrogen-bond donors (Lipinski definition) is 2. The predicted octanol–water partition coefficient (Wildman–Crippen LogP) is -0.685. The fraction of sp³-hybridized carbons (Fsp3) is 0.143. The number of carbonyl (C=O) groups excluding carboxylic acids is 1. The summed E-state index contributed by atoms with van der Waals surface area (Å²) in [5.41, 5.74) is 0.237. The number of amides is 1. The van der Waals surface area contributed by atoms with Gasteiger partial charge in [-0.25, -0.2) is 0 Å². The Kier molecular flexibility index (Phi) is 3.35. The average Bonchev–Trinajstić information content (AvgIpc) is 2.14. The third-order valence-corrected chi connectivity index (χ3v) is 1.92. The number of nitrogens with zero attached hydrogens (tertiary/aromatic N) is 1. The van der Waals surface area contributed by atoms with E-state index in [4.69, 9.17) is 4.89 Å². The largest absolute Gasteiger partial charge is 0.777 e. The molecule has 1 unspecified atom stereocenters. The van der Waals surface area contributed by atoms with E-state index in [0.29, 0.717) is 0 Å². The Morgan fingerprint density at radius 2 is 2.43 bits per heavy atom. The van der Waals surface area contributed by atoms with Crippen LogP contribution in [-0.2, 0) is 4.57 Å². The molecule has 7 heteroatoms. The lowest BCUT2D eigenvalue weighted by molar-refractivity contribution is -0.193. The van der Waals surface area contributed by atoms with E-state index < -0.39 is 19.8 Å². The lowest BCUT2D eigenvalue weighted by Gasteiger charge is -2.15. The first kappa shape index (κ1) is 10.8. The fourth-order valence-corrected chi connectivity index (χ4v) is 1.11. The normalized spacial score (nSPS) is 14.4. The minimum atomic E-state index is -4.44. The van der Waals surface area contributed by atoms with Crippen LogP contribution in [0.5, 0.6) is 0 Å². The van der Waals surface area contributed by atoms with Crippen molar-refractivity contribution in [3.63, 3.8) is 0 Å². The number of nitrogens with one attached hydrogen (secondary N) is 1. The molecule has 0 aliphatic rings. The average molecular weight is 215 g/mol. The van der Waals surface area contributed by atoms with Crippen LogP contribution < -0.4 is 10.2 Å². The summed E-state index contributed by atoms with van der Waals surface area (Å²) in [6.45, 7) is 0. The van der Waals surface area contributed by atoms with E-state index in [1.807, 2.05) is 5.32 Å². The summed E-state index contributed by atoms with van der Waals surface area (Å²) in [6.07, 6.45) is 2.00. The smallest absolute Gasteiger partial charge is 0.253 e. The lowest BCUT2D eigenvalue weighted by atomic mass is 10.3. The number of aromatic nitrogens is 1. The summed E-state index contributed by atoms with van der Waals surface area (Å²) >= 11 is 0. The van der Waals surface area contributed by atoms with Gasteiger partial charge in [0.05, 0.1) is 11.8 Å². The van der Waals surface area contributed by atoms with Gasteiger partial charge >= 0.3 is 0 Å².